The first-order chi connectivity index (χ1) is 10.3. The fraction of sp³-hybridized carbons (Fsp3) is 0.250. The maximum atomic E-state index is 14.0. The molecule has 118 valence electrons. The molecule has 1 atom stereocenters. The lowest BCUT2D eigenvalue weighted by atomic mass is 9.76. The van der Waals surface area contributed by atoms with Crippen molar-refractivity contribution in [1.29, 1.82) is 0 Å². The second kappa shape index (κ2) is 6.04. The van der Waals surface area contributed by atoms with E-state index in [0.29, 0.717) is 5.56 Å². The van der Waals surface area contributed by atoms with Gasteiger partial charge in [0.15, 0.2) is 23.3 Å². The van der Waals surface area contributed by atoms with Crippen molar-refractivity contribution in [2.24, 2.45) is 5.73 Å². The lowest BCUT2D eigenvalue weighted by Crippen LogP contribution is -2.37. The largest absolute Gasteiger partial charge is 0.330 e. The van der Waals surface area contributed by atoms with Crippen LogP contribution in [0.4, 0.5) is 22.0 Å². The molecule has 1 unspecified atom stereocenters. The average molecular weight is 315 g/mol. The normalized spacial score (nSPS) is 14.0. The third-order valence-corrected chi connectivity index (χ3v) is 3.70. The Morgan fingerprint density at radius 3 is 1.73 bits per heavy atom. The second-order valence-corrected chi connectivity index (χ2v) is 5.37. The summed E-state index contributed by atoms with van der Waals surface area (Å²) in [4.78, 5) is 0. The zero-order chi connectivity index (χ0) is 16.5. The summed E-state index contributed by atoms with van der Waals surface area (Å²) < 4.78 is 68.0. The standard InChI is InChI=1S/C16H14F5N/c1-16(8-22,7-9-5-3-2-4-6-9)10-11(17)13(19)15(21)14(20)12(10)18/h2-6H,7-8,22H2,1H3. The third-order valence-electron chi connectivity index (χ3n) is 3.70. The molecule has 0 aliphatic carbocycles. The van der Waals surface area contributed by atoms with E-state index in [4.69, 9.17) is 5.73 Å². The van der Waals surface area contributed by atoms with Crippen molar-refractivity contribution in [1.82, 2.24) is 0 Å². The summed E-state index contributed by atoms with van der Waals surface area (Å²) in [6, 6.07) is 8.57. The summed E-state index contributed by atoms with van der Waals surface area (Å²) in [5.74, 6) is -9.75. The highest BCUT2D eigenvalue weighted by Gasteiger charge is 2.37. The fourth-order valence-corrected chi connectivity index (χ4v) is 2.44. The van der Waals surface area contributed by atoms with E-state index in [9.17, 15) is 22.0 Å². The number of benzene rings is 2. The van der Waals surface area contributed by atoms with Crippen molar-refractivity contribution < 1.29 is 22.0 Å². The van der Waals surface area contributed by atoms with Gasteiger partial charge in [-0.3, -0.25) is 0 Å². The summed E-state index contributed by atoms with van der Waals surface area (Å²) in [7, 11) is 0. The monoisotopic (exact) mass is 315 g/mol. The maximum absolute atomic E-state index is 14.0. The first kappa shape index (κ1) is 16.4. The van der Waals surface area contributed by atoms with Crippen molar-refractivity contribution in [3.05, 3.63) is 70.5 Å². The molecular weight excluding hydrogens is 301 g/mol. The van der Waals surface area contributed by atoms with Crippen LogP contribution in [0.2, 0.25) is 0 Å². The molecule has 2 N–H and O–H groups in total. The molecule has 0 heterocycles. The summed E-state index contributed by atoms with van der Waals surface area (Å²) >= 11 is 0. The van der Waals surface area contributed by atoms with Crippen LogP contribution in [0.25, 0.3) is 0 Å². The molecule has 6 heteroatoms. The van der Waals surface area contributed by atoms with Gasteiger partial charge >= 0.3 is 0 Å². The lowest BCUT2D eigenvalue weighted by Gasteiger charge is -2.30. The fourth-order valence-electron chi connectivity index (χ4n) is 2.44. The predicted molar refractivity (Wildman–Crippen MR) is 72.8 cm³/mol. The molecule has 0 aromatic heterocycles. The van der Waals surface area contributed by atoms with E-state index in [0.717, 1.165) is 0 Å². The van der Waals surface area contributed by atoms with Crippen LogP contribution in [0, 0.1) is 29.1 Å². The Hall–Kier alpha value is -1.95. The highest BCUT2D eigenvalue weighted by atomic mass is 19.2. The van der Waals surface area contributed by atoms with Crippen molar-refractivity contribution in [2.45, 2.75) is 18.8 Å². The van der Waals surface area contributed by atoms with Gasteiger partial charge in [0, 0.05) is 17.5 Å². The number of rotatable bonds is 4. The quantitative estimate of drug-likeness (QED) is 0.518. The van der Waals surface area contributed by atoms with Gasteiger partial charge in [-0.2, -0.15) is 0 Å². The smallest absolute Gasteiger partial charge is 0.200 e. The van der Waals surface area contributed by atoms with Crippen LogP contribution in [0.15, 0.2) is 30.3 Å². The van der Waals surface area contributed by atoms with Gasteiger partial charge in [-0.1, -0.05) is 37.3 Å². The van der Waals surface area contributed by atoms with Gasteiger partial charge < -0.3 is 5.73 Å². The summed E-state index contributed by atoms with van der Waals surface area (Å²) in [5.41, 5.74) is 3.97. The highest BCUT2D eigenvalue weighted by Crippen LogP contribution is 2.34. The first-order valence-corrected chi connectivity index (χ1v) is 6.57. The van der Waals surface area contributed by atoms with Crippen molar-refractivity contribution in [2.75, 3.05) is 6.54 Å². The number of hydrogen-bond acceptors (Lipinski definition) is 1. The highest BCUT2D eigenvalue weighted by molar-refractivity contribution is 5.34. The molecule has 0 amide bonds. The summed E-state index contributed by atoms with van der Waals surface area (Å²) in [5, 5.41) is 0. The van der Waals surface area contributed by atoms with Gasteiger partial charge in [-0.15, -0.1) is 0 Å². The minimum Gasteiger partial charge on any atom is -0.330 e. The van der Waals surface area contributed by atoms with Crippen LogP contribution in [0.3, 0.4) is 0 Å². The molecule has 0 aliphatic rings. The first-order valence-electron chi connectivity index (χ1n) is 6.57. The Kier molecular flexibility index (Phi) is 4.51. The molecule has 0 radical (unpaired) electrons. The van der Waals surface area contributed by atoms with Gasteiger partial charge in [0.1, 0.15) is 0 Å². The SMILES string of the molecule is CC(CN)(Cc1ccccc1)c1c(F)c(F)c(F)c(F)c1F. The zero-order valence-corrected chi connectivity index (χ0v) is 11.8. The van der Waals surface area contributed by atoms with Crippen molar-refractivity contribution in [3.63, 3.8) is 0 Å². The maximum Gasteiger partial charge on any atom is 0.200 e. The minimum atomic E-state index is -2.17. The minimum absolute atomic E-state index is 0.0443. The summed E-state index contributed by atoms with van der Waals surface area (Å²) in [6.45, 7) is 1.10. The van der Waals surface area contributed by atoms with Crippen LogP contribution < -0.4 is 5.73 Å². The molecule has 0 aliphatic heterocycles. The molecule has 0 fully saturated rings. The van der Waals surface area contributed by atoms with Crippen molar-refractivity contribution >= 4 is 0 Å². The van der Waals surface area contributed by atoms with E-state index in [1.54, 1.807) is 30.3 Å². The molecule has 1 nitrogen and oxygen atoms in total. The topological polar surface area (TPSA) is 26.0 Å². The third kappa shape index (κ3) is 2.70. The number of hydrogen-bond donors (Lipinski definition) is 1. The Morgan fingerprint density at radius 2 is 1.27 bits per heavy atom. The van der Waals surface area contributed by atoms with Gasteiger partial charge in [0.25, 0.3) is 0 Å². The molecule has 22 heavy (non-hydrogen) atoms. The number of halogens is 5. The molecule has 0 saturated heterocycles. The molecule has 0 bridgehead atoms. The van der Waals surface area contributed by atoms with Crippen LogP contribution >= 0.6 is 0 Å². The Labute approximate surface area is 124 Å². The Balaban J connectivity index is 2.61. The van der Waals surface area contributed by atoms with Gasteiger partial charge in [0.2, 0.25) is 5.82 Å². The van der Waals surface area contributed by atoms with Gasteiger partial charge in [-0.25, -0.2) is 22.0 Å². The van der Waals surface area contributed by atoms with E-state index in [1.165, 1.54) is 6.92 Å². The van der Waals surface area contributed by atoms with Gasteiger partial charge in [-0.05, 0) is 12.0 Å². The van der Waals surface area contributed by atoms with Gasteiger partial charge in [0.05, 0.1) is 0 Å². The molecule has 2 rings (SSSR count). The Morgan fingerprint density at radius 1 is 0.818 bits per heavy atom. The lowest BCUT2D eigenvalue weighted by molar-refractivity contribution is 0.340. The van der Waals surface area contributed by atoms with Crippen LogP contribution in [-0.4, -0.2) is 6.54 Å². The molecule has 2 aromatic carbocycles. The predicted octanol–water partition coefficient (Wildman–Crippen LogP) is 3.84. The molecular formula is C16H14F5N. The van der Waals surface area contributed by atoms with E-state index in [2.05, 4.69) is 0 Å². The van der Waals surface area contributed by atoms with E-state index in [-0.39, 0.29) is 13.0 Å². The zero-order valence-electron chi connectivity index (χ0n) is 11.8. The molecule has 0 saturated carbocycles. The van der Waals surface area contributed by atoms with E-state index < -0.39 is 40.1 Å². The van der Waals surface area contributed by atoms with Crippen LogP contribution in [0.1, 0.15) is 18.1 Å². The molecule has 2 aromatic rings. The van der Waals surface area contributed by atoms with E-state index in [1.807, 2.05) is 0 Å². The van der Waals surface area contributed by atoms with Crippen LogP contribution in [-0.2, 0) is 11.8 Å². The van der Waals surface area contributed by atoms with Crippen molar-refractivity contribution in [3.8, 4) is 0 Å². The van der Waals surface area contributed by atoms with E-state index >= 15 is 0 Å². The summed E-state index contributed by atoms with van der Waals surface area (Å²) in [6.07, 6.45) is 0.0443. The Bertz CT molecular complexity index is 658. The van der Waals surface area contributed by atoms with Crippen LogP contribution in [0.5, 0.6) is 0 Å². The molecule has 0 spiro atoms. The average Bonchev–Trinajstić information content (AvgIpc) is 2.52. The number of nitrogens with two attached hydrogens (primary N) is 1. The second-order valence-electron chi connectivity index (χ2n) is 5.37.